The van der Waals surface area contributed by atoms with Gasteiger partial charge in [-0.1, -0.05) is 153 Å². The van der Waals surface area contributed by atoms with E-state index in [4.69, 9.17) is 9.97 Å². The predicted molar refractivity (Wildman–Crippen MR) is 226 cm³/mol. The number of benzene rings is 7. The van der Waals surface area contributed by atoms with Crippen LogP contribution in [0, 0.1) is 5.92 Å². The van der Waals surface area contributed by atoms with Crippen molar-refractivity contribution >= 4 is 80.4 Å². The molecule has 0 aliphatic heterocycles. The molecule has 3 nitrogen and oxygen atoms in total. The molecule has 4 heteroatoms. The second kappa shape index (κ2) is 11.8. The van der Waals surface area contributed by atoms with Gasteiger partial charge in [0.15, 0.2) is 0 Å². The monoisotopic (exact) mass is 695 g/mol. The lowest BCUT2D eigenvalue weighted by atomic mass is 9.94. The summed E-state index contributed by atoms with van der Waals surface area (Å²) in [4.78, 5) is 11.0. The van der Waals surface area contributed by atoms with Crippen molar-refractivity contribution in [1.82, 2.24) is 14.5 Å². The van der Waals surface area contributed by atoms with Gasteiger partial charge in [-0.3, -0.25) is 4.57 Å². The van der Waals surface area contributed by atoms with Crippen LogP contribution in [0.5, 0.6) is 0 Å². The van der Waals surface area contributed by atoms with Gasteiger partial charge in [-0.05, 0) is 57.8 Å². The fourth-order valence-electron chi connectivity index (χ4n) is 8.53. The van der Waals surface area contributed by atoms with Gasteiger partial charge in [-0.15, -0.1) is 11.3 Å². The number of rotatable bonds is 4. The molecule has 3 heterocycles. The SMILES string of the molecule is CC1C=C(c2cc(-c3ccccc3)nc(-n3c4c(cc(-c5ccccc5)c5sc6ccccc6c54)c4c5ccccc5c5ccccc5c43)n2)C=CC1. The number of allylic oxidation sites excluding steroid dienone is 4. The van der Waals surface area contributed by atoms with E-state index in [1.165, 1.54) is 63.6 Å². The molecule has 7 aromatic carbocycles. The Morgan fingerprint density at radius 3 is 1.92 bits per heavy atom. The third-order valence-corrected chi connectivity index (χ3v) is 12.1. The van der Waals surface area contributed by atoms with Crippen LogP contribution in [-0.2, 0) is 0 Å². The summed E-state index contributed by atoms with van der Waals surface area (Å²) in [5.74, 6) is 1.11. The Kier molecular flexibility index (Phi) is 6.77. The maximum absolute atomic E-state index is 5.53. The van der Waals surface area contributed by atoms with Gasteiger partial charge >= 0.3 is 0 Å². The molecule has 0 N–H and O–H groups in total. The highest BCUT2D eigenvalue weighted by atomic mass is 32.1. The fraction of sp³-hybridized carbons (Fsp3) is 0.0612. The molecule has 1 unspecified atom stereocenters. The summed E-state index contributed by atoms with van der Waals surface area (Å²) >= 11 is 1.87. The van der Waals surface area contributed by atoms with E-state index in [1.807, 2.05) is 11.3 Å². The lowest BCUT2D eigenvalue weighted by molar-refractivity contribution is 0.739. The Morgan fingerprint density at radius 2 is 1.17 bits per heavy atom. The van der Waals surface area contributed by atoms with Crippen LogP contribution in [0.2, 0.25) is 0 Å². The average Bonchev–Trinajstić information content (AvgIpc) is 3.78. The maximum atomic E-state index is 5.53. The first-order valence-corrected chi connectivity index (χ1v) is 19.1. The molecule has 53 heavy (non-hydrogen) atoms. The van der Waals surface area contributed by atoms with Crippen LogP contribution in [0.1, 0.15) is 19.0 Å². The van der Waals surface area contributed by atoms with E-state index < -0.39 is 0 Å². The molecule has 0 spiro atoms. The van der Waals surface area contributed by atoms with Crippen molar-refractivity contribution < 1.29 is 0 Å². The molecule has 0 saturated carbocycles. The Bertz CT molecular complexity index is 3150. The molecule has 0 amide bonds. The molecule has 11 rings (SSSR count). The zero-order valence-electron chi connectivity index (χ0n) is 29.1. The van der Waals surface area contributed by atoms with Crippen molar-refractivity contribution in [3.63, 3.8) is 0 Å². The minimum atomic E-state index is 0.436. The lowest BCUT2D eigenvalue weighted by Crippen LogP contribution is -2.06. The number of hydrogen-bond donors (Lipinski definition) is 0. The van der Waals surface area contributed by atoms with E-state index >= 15 is 0 Å². The van der Waals surface area contributed by atoms with Gasteiger partial charge in [0.05, 0.1) is 22.4 Å². The van der Waals surface area contributed by atoms with Gasteiger partial charge in [0.2, 0.25) is 5.95 Å². The number of fused-ring (bicyclic) bond motifs is 12. The van der Waals surface area contributed by atoms with Crippen molar-refractivity contribution in [1.29, 1.82) is 0 Å². The Morgan fingerprint density at radius 1 is 0.566 bits per heavy atom. The first kappa shape index (κ1) is 30.3. The van der Waals surface area contributed by atoms with Crippen LogP contribution in [0.4, 0.5) is 0 Å². The van der Waals surface area contributed by atoms with E-state index in [0.29, 0.717) is 11.9 Å². The van der Waals surface area contributed by atoms with Gasteiger partial charge in [0, 0.05) is 47.5 Å². The third-order valence-electron chi connectivity index (χ3n) is 10.9. The first-order chi connectivity index (χ1) is 26.2. The molecule has 0 bridgehead atoms. The van der Waals surface area contributed by atoms with E-state index in [-0.39, 0.29) is 0 Å². The zero-order valence-corrected chi connectivity index (χ0v) is 29.9. The van der Waals surface area contributed by atoms with E-state index in [0.717, 1.165) is 40.0 Å². The lowest BCUT2D eigenvalue weighted by Gasteiger charge is -2.16. The standard InChI is InChI=1S/C49H33N3S/c1-30-15-14-20-33(27-30)42-29-41(32-18-6-3-7-19-32)50-49(51-42)52-46-37-24-11-9-22-35(37)34-21-8-10-23-36(34)44(46)40-28-39(31-16-4-2-5-17-31)48-45(47(40)52)38-25-12-13-26-43(38)53-48/h2-14,16-30H,15H2,1H3. The summed E-state index contributed by atoms with van der Waals surface area (Å²) in [5, 5.41) is 9.81. The summed E-state index contributed by atoms with van der Waals surface area (Å²) in [7, 11) is 0. The van der Waals surface area contributed by atoms with E-state index in [1.54, 1.807) is 0 Å². The van der Waals surface area contributed by atoms with Gasteiger partial charge in [0.1, 0.15) is 0 Å². The Balaban J connectivity index is 1.41. The summed E-state index contributed by atoms with van der Waals surface area (Å²) in [5.41, 5.74) is 8.79. The zero-order chi connectivity index (χ0) is 35.0. The van der Waals surface area contributed by atoms with Crippen LogP contribution >= 0.6 is 11.3 Å². The van der Waals surface area contributed by atoms with Crippen LogP contribution in [0.3, 0.4) is 0 Å². The van der Waals surface area contributed by atoms with Gasteiger partial charge in [0.25, 0.3) is 0 Å². The summed E-state index contributed by atoms with van der Waals surface area (Å²) in [6.07, 6.45) is 7.89. The van der Waals surface area contributed by atoms with Crippen molar-refractivity contribution in [2.24, 2.45) is 5.92 Å². The van der Waals surface area contributed by atoms with Crippen LogP contribution in [0.25, 0.3) is 97.4 Å². The highest BCUT2D eigenvalue weighted by molar-refractivity contribution is 7.26. The smallest absolute Gasteiger partial charge is 0.235 e. The molecule has 250 valence electrons. The third kappa shape index (κ3) is 4.66. The number of aromatic nitrogens is 3. The van der Waals surface area contributed by atoms with Crippen LogP contribution < -0.4 is 0 Å². The van der Waals surface area contributed by atoms with Gasteiger partial charge in [-0.25, -0.2) is 9.97 Å². The number of nitrogens with zero attached hydrogens (tertiary/aromatic N) is 3. The second-order valence-corrected chi connectivity index (χ2v) is 15.2. The highest BCUT2D eigenvalue weighted by Gasteiger charge is 2.26. The van der Waals surface area contributed by atoms with Gasteiger partial charge in [-0.2, -0.15) is 0 Å². The van der Waals surface area contributed by atoms with E-state index in [9.17, 15) is 0 Å². The Labute approximate surface area is 310 Å². The normalized spacial score (nSPS) is 14.7. The maximum Gasteiger partial charge on any atom is 0.235 e. The van der Waals surface area contributed by atoms with Crippen LogP contribution in [-0.4, -0.2) is 14.5 Å². The number of hydrogen-bond acceptors (Lipinski definition) is 3. The second-order valence-electron chi connectivity index (χ2n) is 14.2. The highest BCUT2D eigenvalue weighted by Crippen LogP contribution is 2.50. The van der Waals surface area contributed by atoms with Crippen molar-refractivity contribution in [3.8, 4) is 28.3 Å². The largest absolute Gasteiger partial charge is 0.277 e. The van der Waals surface area contributed by atoms with Crippen molar-refractivity contribution in [2.75, 3.05) is 0 Å². The van der Waals surface area contributed by atoms with E-state index in [2.05, 4.69) is 175 Å². The minimum absolute atomic E-state index is 0.436. The average molecular weight is 696 g/mol. The quantitative estimate of drug-likeness (QED) is 0.172. The predicted octanol–water partition coefficient (Wildman–Crippen LogP) is 13.6. The number of thiophene rings is 1. The summed E-state index contributed by atoms with van der Waals surface area (Å²) in [6.45, 7) is 2.27. The van der Waals surface area contributed by atoms with Gasteiger partial charge < -0.3 is 0 Å². The molecule has 0 radical (unpaired) electrons. The summed E-state index contributed by atoms with van der Waals surface area (Å²) < 4.78 is 4.95. The van der Waals surface area contributed by atoms with Crippen molar-refractivity contribution in [3.05, 3.63) is 170 Å². The fourth-order valence-corrected chi connectivity index (χ4v) is 9.77. The molecular weight excluding hydrogens is 663 g/mol. The molecule has 10 aromatic rings. The van der Waals surface area contributed by atoms with Crippen LogP contribution in [0.15, 0.2) is 164 Å². The minimum Gasteiger partial charge on any atom is -0.277 e. The topological polar surface area (TPSA) is 30.7 Å². The Hall–Kier alpha value is -6.36. The van der Waals surface area contributed by atoms with Crippen molar-refractivity contribution in [2.45, 2.75) is 13.3 Å². The molecule has 3 aromatic heterocycles. The first-order valence-electron chi connectivity index (χ1n) is 18.3. The molecule has 1 aliphatic carbocycles. The molecule has 1 atom stereocenters. The molecule has 0 saturated heterocycles. The molecule has 1 aliphatic rings. The molecular formula is C49H33N3S. The summed E-state index contributed by atoms with van der Waals surface area (Å²) in [6, 6.07) is 52.6. The molecule has 0 fully saturated rings.